The van der Waals surface area contributed by atoms with E-state index in [1.807, 2.05) is 0 Å². The van der Waals surface area contributed by atoms with Crippen molar-refractivity contribution < 1.29 is 0 Å². The first-order valence-corrected chi connectivity index (χ1v) is 3.71. The van der Waals surface area contributed by atoms with Crippen LogP contribution in [0.2, 0.25) is 0 Å². The molecule has 0 aromatic carbocycles. The molecule has 1 heterocycles. The molecule has 0 aliphatic heterocycles. The second kappa shape index (κ2) is 4.79. The van der Waals surface area contributed by atoms with E-state index in [-0.39, 0.29) is 0 Å². The van der Waals surface area contributed by atoms with Gasteiger partial charge in [-0.1, -0.05) is 17.3 Å². The first-order chi connectivity index (χ1) is 6.33. The van der Waals surface area contributed by atoms with E-state index in [4.69, 9.17) is 11.3 Å². The van der Waals surface area contributed by atoms with Gasteiger partial charge in [0.25, 0.3) is 0 Å². The van der Waals surface area contributed by atoms with Crippen LogP contribution in [0.4, 0.5) is 5.69 Å². The first-order valence-electron chi connectivity index (χ1n) is 3.71. The van der Waals surface area contributed by atoms with E-state index < -0.39 is 0 Å². The Morgan fingerprint density at radius 2 is 2.46 bits per heavy atom. The molecule has 0 spiro atoms. The van der Waals surface area contributed by atoms with Gasteiger partial charge in [0.15, 0.2) is 0 Å². The summed E-state index contributed by atoms with van der Waals surface area (Å²) in [5, 5.41) is 3.35. The third kappa shape index (κ3) is 3.27. The van der Waals surface area contributed by atoms with Crippen molar-refractivity contribution in [2.24, 2.45) is 5.11 Å². The molecular formula is C8H9N5. The number of nitrogens with two attached hydrogens (primary N) is 1. The molecule has 2 N–H and O–H groups in total. The van der Waals surface area contributed by atoms with Crippen molar-refractivity contribution >= 4 is 11.8 Å². The van der Waals surface area contributed by atoms with Gasteiger partial charge in [-0.2, -0.15) is 0 Å². The van der Waals surface area contributed by atoms with Gasteiger partial charge in [0.2, 0.25) is 0 Å². The highest BCUT2D eigenvalue weighted by molar-refractivity contribution is 5.53. The quantitative estimate of drug-likeness (QED) is 0.432. The number of hydrogen-bond donors (Lipinski definition) is 1. The van der Waals surface area contributed by atoms with Crippen molar-refractivity contribution in [1.29, 1.82) is 0 Å². The minimum atomic E-state index is 0.339. The average molecular weight is 175 g/mol. The third-order valence-corrected chi connectivity index (χ3v) is 1.34. The number of anilines is 1. The molecule has 0 saturated heterocycles. The lowest BCUT2D eigenvalue weighted by Crippen LogP contribution is -1.86. The van der Waals surface area contributed by atoms with Gasteiger partial charge in [-0.05, 0) is 17.2 Å². The maximum atomic E-state index is 8.00. The zero-order valence-corrected chi connectivity index (χ0v) is 6.96. The standard InChI is InChI=1S/C8H9N5/c9-8-4-7(5-11-6-8)2-1-3-12-13-10/h1-2,4-6H,3,9H2. The number of aromatic nitrogens is 1. The van der Waals surface area contributed by atoms with E-state index in [0.29, 0.717) is 12.2 Å². The second-order valence-corrected chi connectivity index (χ2v) is 2.37. The topological polar surface area (TPSA) is 87.7 Å². The fraction of sp³-hybridized carbons (Fsp3) is 0.125. The van der Waals surface area contributed by atoms with E-state index in [2.05, 4.69) is 15.0 Å². The molecule has 5 heteroatoms. The maximum Gasteiger partial charge on any atom is 0.0506 e. The first kappa shape index (κ1) is 9.09. The molecule has 0 saturated carbocycles. The molecular weight excluding hydrogens is 166 g/mol. The highest BCUT2D eigenvalue weighted by atomic mass is 15.1. The molecule has 0 aliphatic rings. The van der Waals surface area contributed by atoms with E-state index in [0.717, 1.165) is 5.56 Å². The smallest absolute Gasteiger partial charge is 0.0506 e. The Balaban J connectivity index is 2.63. The van der Waals surface area contributed by atoms with Gasteiger partial charge in [0, 0.05) is 23.9 Å². The van der Waals surface area contributed by atoms with Crippen LogP contribution >= 0.6 is 0 Å². The van der Waals surface area contributed by atoms with Crippen LogP contribution in [-0.2, 0) is 0 Å². The Morgan fingerprint density at radius 3 is 3.15 bits per heavy atom. The summed E-state index contributed by atoms with van der Waals surface area (Å²) in [6, 6.07) is 1.79. The van der Waals surface area contributed by atoms with Crippen molar-refractivity contribution in [2.75, 3.05) is 12.3 Å². The monoisotopic (exact) mass is 175 g/mol. The summed E-state index contributed by atoms with van der Waals surface area (Å²) in [6.45, 7) is 0.339. The van der Waals surface area contributed by atoms with Crippen molar-refractivity contribution in [1.82, 2.24) is 4.98 Å². The Labute approximate surface area is 75.5 Å². The zero-order valence-electron chi connectivity index (χ0n) is 6.96. The van der Waals surface area contributed by atoms with Crippen LogP contribution in [0.1, 0.15) is 5.56 Å². The second-order valence-electron chi connectivity index (χ2n) is 2.37. The Hall–Kier alpha value is -2.00. The average Bonchev–Trinajstić information content (AvgIpc) is 2.13. The summed E-state index contributed by atoms with van der Waals surface area (Å²) in [5.41, 5.74) is 15.0. The predicted octanol–water partition coefficient (Wildman–Crippen LogP) is 1.99. The number of nitrogen functional groups attached to an aromatic ring is 1. The highest BCUT2D eigenvalue weighted by Gasteiger charge is 1.87. The van der Waals surface area contributed by atoms with E-state index in [1.54, 1.807) is 30.6 Å². The summed E-state index contributed by atoms with van der Waals surface area (Å²) in [4.78, 5) is 6.52. The number of rotatable bonds is 3. The molecule has 0 amide bonds. The van der Waals surface area contributed by atoms with Crippen LogP contribution in [0, 0.1) is 0 Å². The zero-order chi connectivity index (χ0) is 9.52. The van der Waals surface area contributed by atoms with Crippen LogP contribution in [0.15, 0.2) is 29.7 Å². The fourth-order valence-corrected chi connectivity index (χ4v) is 0.840. The summed E-state index contributed by atoms with van der Waals surface area (Å²) < 4.78 is 0. The van der Waals surface area contributed by atoms with Crippen LogP contribution in [0.25, 0.3) is 16.5 Å². The van der Waals surface area contributed by atoms with Gasteiger partial charge in [-0.15, -0.1) is 0 Å². The van der Waals surface area contributed by atoms with Crippen LogP contribution in [0.5, 0.6) is 0 Å². The normalized spacial score (nSPS) is 9.85. The minimum absolute atomic E-state index is 0.339. The molecule has 1 rings (SSSR count). The number of pyridine rings is 1. The number of azide groups is 1. The Morgan fingerprint density at radius 1 is 1.62 bits per heavy atom. The molecule has 0 fully saturated rings. The Kier molecular flexibility index (Phi) is 3.35. The van der Waals surface area contributed by atoms with Crippen LogP contribution in [-0.4, -0.2) is 11.5 Å². The summed E-state index contributed by atoms with van der Waals surface area (Å²) in [7, 11) is 0. The summed E-state index contributed by atoms with van der Waals surface area (Å²) >= 11 is 0. The van der Waals surface area contributed by atoms with Gasteiger partial charge in [0.05, 0.1) is 5.69 Å². The van der Waals surface area contributed by atoms with E-state index in [1.165, 1.54) is 0 Å². The van der Waals surface area contributed by atoms with Gasteiger partial charge in [0.1, 0.15) is 0 Å². The van der Waals surface area contributed by atoms with Gasteiger partial charge in [-0.3, -0.25) is 4.98 Å². The maximum absolute atomic E-state index is 8.00. The summed E-state index contributed by atoms with van der Waals surface area (Å²) in [6.07, 6.45) is 6.81. The lowest BCUT2D eigenvalue weighted by Gasteiger charge is -1.93. The fourth-order valence-electron chi connectivity index (χ4n) is 0.840. The van der Waals surface area contributed by atoms with Gasteiger partial charge >= 0.3 is 0 Å². The van der Waals surface area contributed by atoms with Gasteiger partial charge < -0.3 is 5.73 Å². The molecule has 0 atom stereocenters. The Bertz CT molecular complexity index is 351. The van der Waals surface area contributed by atoms with Crippen molar-refractivity contribution in [3.8, 4) is 0 Å². The van der Waals surface area contributed by atoms with E-state index in [9.17, 15) is 0 Å². The lowest BCUT2D eigenvalue weighted by molar-refractivity contribution is 1.22. The molecule has 13 heavy (non-hydrogen) atoms. The molecule has 66 valence electrons. The van der Waals surface area contributed by atoms with E-state index >= 15 is 0 Å². The van der Waals surface area contributed by atoms with Crippen LogP contribution in [0.3, 0.4) is 0 Å². The van der Waals surface area contributed by atoms with Gasteiger partial charge in [-0.25, -0.2) is 0 Å². The third-order valence-electron chi connectivity index (χ3n) is 1.34. The van der Waals surface area contributed by atoms with Crippen LogP contribution < -0.4 is 5.73 Å². The largest absolute Gasteiger partial charge is 0.397 e. The predicted molar refractivity (Wildman–Crippen MR) is 51.7 cm³/mol. The van der Waals surface area contributed by atoms with Crippen molar-refractivity contribution in [3.05, 3.63) is 40.5 Å². The molecule has 0 unspecified atom stereocenters. The molecule has 5 nitrogen and oxygen atoms in total. The molecule has 0 bridgehead atoms. The minimum Gasteiger partial charge on any atom is -0.397 e. The SMILES string of the molecule is [N-]=[N+]=NCC=Cc1cncc(N)c1. The number of hydrogen-bond acceptors (Lipinski definition) is 3. The summed E-state index contributed by atoms with van der Waals surface area (Å²) in [5.74, 6) is 0. The number of nitrogens with zero attached hydrogens (tertiary/aromatic N) is 4. The van der Waals surface area contributed by atoms with Crippen molar-refractivity contribution in [2.45, 2.75) is 0 Å². The molecule has 1 aromatic rings. The molecule has 1 aromatic heterocycles. The lowest BCUT2D eigenvalue weighted by atomic mass is 10.2. The van der Waals surface area contributed by atoms with Crippen molar-refractivity contribution in [3.63, 3.8) is 0 Å². The molecule has 0 radical (unpaired) electrons. The molecule has 0 aliphatic carbocycles. The highest BCUT2D eigenvalue weighted by Crippen LogP contribution is 2.05.